The second-order valence-corrected chi connectivity index (χ2v) is 3.85. The molecule has 0 radical (unpaired) electrons. The SMILES string of the molecule is O=C(N[C@@H]1CCNC1)[C@@H]1CCCN1. The Kier molecular flexibility index (Phi) is 2.80. The van der Waals surface area contributed by atoms with Crippen molar-refractivity contribution in [2.24, 2.45) is 0 Å². The Morgan fingerprint density at radius 3 is 2.85 bits per heavy atom. The average molecular weight is 183 g/mol. The predicted octanol–water partition coefficient (Wildman–Crippen LogP) is -0.783. The largest absolute Gasteiger partial charge is 0.351 e. The van der Waals surface area contributed by atoms with Crippen molar-refractivity contribution in [2.45, 2.75) is 31.3 Å². The van der Waals surface area contributed by atoms with Gasteiger partial charge >= 0.3 is 0 Å². The lowest BCUT2D eigenvalue weighted by Gasteiger charge is -2.15. The summed E-state index contributed by atoms with van der Waals surface area (Å²) < 4.78 is 0. The van der Waals surface area contributed by atoms with E-state index in [-0.39, 0.29) is 11.9 Å². The summed E-state index contributed by atoms with van der Waals surface area (Å²) in [5, 5.41) is 9.49. The fourth-order valence-electron chi connectivity index (χ4n) is 1.99. The van der Waals surface area contributed by atoms with Gasteiger partial charge in [-0.2, -0.15) is 0 Å². The highest BCUT2D eigenvalue weighted by atomic mass is 16.2. The average Bonchev–Trinajstić information content (AvgIpc) is 2.74. The van der Waals surface area contributed by atoms with E-state index in [2.05, 4.69) is 16.0 Å². The molecule has 2 fully saturated rings. The van der Waals surface area contributed by atoms with E-state index in [1.54, 1.807) is 0 Å². The molecule has 0 spiro atoms. The van der Waals surface area contributed by atoms with E-state index in [0.717, 1.165) is 38.9 Å². The van der Waals surface area contributed by atoms with E-state index < -0.39 is 0 Å². The van der Waals surface area contributed by atoms with E-state index in [4.69, 9.17) is 0 Å². The molecule has 0 aromatic heterocycles. The fraction of sp³-hybridized carbons (Fsp3) is 0.889. The Morgan fingerprint density at radius 2 is 2.23 bits per heavy atom. The second-order valence-electron chi connectivity index (χ2n) is 3.85. The van der Waals surface area contributed by atoms with Crippen molar-refractivity contribution >= 4 is 5.91 Å². The van der Waals surface area contributed by atoms with Gasteiger partial charge in [0.25, 0.3) is 0 Å². The van der Waals surface area contributed by atoms with E-state index in [9.17, 15) is 4.79 Å². The van der Waals surface area contributed by atoms with Gasteiger partial charge in [0.05, 0.1) is 6.04 Å². The van der Waals surface area contributed by atoms with Crippen molar-refractivity contribution in [3.63, 3.8) is 0 Å². The maximum absolute atomic E-state index is 11.6. The molecule has 0 bridgehead atoms. The van der Waals surface area contributed by atoms with Gasteiger partial charge in [-0.3, -0.25) is 4.79 Å². The quantitative estimate of drug-likeness (QED) is 0.526. The van der Waals surface area contributed by atoms with Crippen LogP contribution in [0.1, 0.15) is 19.3 Å². The second kappa shape index (κ2) is 4.07. The molecule has 3 N–H and O–H groups in total. The third-order valence-electron chi connectivity index (χ3n) is 2.78. The minimum Gasteiger partial charge on any atom is -0.351 e. The molecular formula is C9H17N3O. The first-order valence-electron chi connectivity index (χ1n) is 5.11. The third-order valence-corrected chi connectivity index (χ3v) is 2.78. The number of carbonyl (C=O) groups is 1. The van der Waals surface area contributed by atoms with Gasteiger partial charge in [-0.05, 0) is 32.4 Å². The number of hydrogen-bond acceptors (Lipinski definition) is 3. The van der Waals surface area contributed by atoms with E-state index >= 15 is 0 Å². The summed E-state index contributed by atoms with van der Waals surface area (Å²) in [5.74, 6) is 0.186. The predicted molar refractivity (Wildman–Crippen MR) is 50.4 cm³/mol. The summed E-state index contributed by atoms with van der Waals surface area (Å²) in [4.78, 5) is 11.6. The fourth-order valence-corrected chi connectivity index (χ4v) is 1.99. The molecule has 2 rings (SSSR count). The van der Waals surface area contributed by atoms with Crippen molar-refractivity contribution in [2.75, 3.05) is 19.6 Å². The van der Waals surface area contributed by atoms with Gasteiger partial charge in [0.15, 0.2) is 0 Å². The molecule has 0 saturated carbocycles. The Hall–Kier alpha value is -0.610. The van der Waals surface area contributed by atoms with Crippen LogP contribution in [0, 0.1) is 0 Å². The zero-order valence-corrected chi connectivity index (χ0v) is 7.81. The molecule has 2 aliphatic heterocycles. The molecule has 2 saturated heterocycles. The molecule has 2 atom stereocenters. The van der Waals surface area contributed by atoms with Crippen LogP contribution in [0.4, 0.5) is 0 Å². The van der Waals surface area contributed by atoms with Crippen LogP contribution in [0.15, 0.2) is 0 Å². The first-order valence-corrected chi connectivity index (χ1v) is 5.11. The van der Waals surface area contributed by atoms with Crippen molar-refractivity contribution in [1.82, 2.24) is 16.0 Å². The van der Waals surface area contributed by atoms with Crippen molar-refractivity contribution in [3.8, 4) is 0 Å². The smallest absolute Gasteiger partial charge is 0.237 e. The van der Waals surface area contributed by atoms with Crippen molar-refractivity contribution < 1.29 is 4.79 Å². The van der Waals surface area contributed by atoms with Gasteiger partial charge in [-0.15, -0.1) is 0 Å². The molecular weight excluding hydrogens is 166 g/mol. The number of rotatable bonds is 2. The topological polar surface area (TPSA) is 53.2 Å². The molecule has 0 aliphatic carbocycles. The van der Waals surface area contributed by atoms with Crippen LogP contribution in [0.3, 0.4) is 0 Å². The monoisotopic (exact) mass is 183 g/mol. The summed E-state index contributed by atoms with van der Waals surface area (Å²) in [6, 6.07) is 0.426. The zero-order valence-electron chi connectivity index (χ0n) is 7.81. The van der Waals surface area contributed by atoms with Crippen molar-refractivity contribution in [1.29, 1.82) is 0 Å². The van der Waals surface area contributed by atoms with Crippen LogP contribution in [0.5, 0.6) is 0 Å². The lowest BCUT2D eigenvalue weighted by molar-refractivity contribution is -0.123. The maximum atomic E-state index is 11.6. The first kappa shape index (κ1) is 8.97. The molecule has 2 heterocycles. The Bertz CT molecular complexity index is 183. The van der Waals surface area contributed by atoms with E-state index in [1.165, 1.54) is 0 Å². The minimum absolute atomic E-state index is 0.0700. The molecule has 4 heteroatoms. The van der Waals surface area contributed by atoms with Crippen LogP contribution in [-0.2, 0) is 4.79 Å². The Morgan fingerprint density at radius 1 is 1.31 bits per heavy atom. The van der Waals surface area contributed by atoms with Gasteiger partial charge in [0.1, 0.15) is 0 Å². The highest BCUT2D eigenvalue weighted by Gasteiger charge is 2.25. The summed E-state index contributed by atoms with van der Waals surface area (Å²) in [7, 11) is 0. The van der Waals surface area contributed by atoms with Gasteiger partial charge in [0, 0.05) is 12.6 Å². The standard InChI is InChI=1S/C9H17N3O/c13-9(8-2-1-4-11-8)12-7-3-5-10-6-7/h7-8,10-11H,1-6H2,(H,12,13)/t7-,8+/m1/s1. The van der Waals surface area contributed by atoms with E-state index in [1.807, 2.05) is 0 Å². The molecule has 13 heavy (non-hydrogen) atoms. The molecule has 1 amide bonds. The van der Waals surface area contributed by atoms with Crippen LogP contribution >= 0.6 is 0 Å². The molecule has 74 valence electrons. The van der Waals surface area contributed by atoms with Crippen LogP contribution in [0.2, 0.25) is 0 Å². The van der Waals surface area contributed by atoms with Crippen molar-refractivity contribution in [3.05, 3.63) is 0 Å². The molecule has 0 aromatic carbocycles. The number of amides is 1. The highest BCUT2D eigenvalue weighted by molar-refractivity contribution is 5.82. The highest BCUT2D eigenvalue weighted by Crippen LogP contribution is 2.06. The summed E-state index contributed by atoms with van der Waals surface area (Å²) >= 11 is 0. The van der Waals surface area contributed by atoms with Gasteiger partial charge in [-0.25, -0.2) is 0 Å². The maximum Gasteiger partial charge on any atom is 0.237 e. The van der Waals surface area contributed by atoms with Gasteiger partial charge < -0.3 is 16.0 Å². The van der Waals surface area contributed by atoms with Crippen LogP contribution < -0.4 is 16.0 Å². The van der Waals surface area contributed by atoms with Gasteiger partial charge in [-0.1, -0.05) is 0 Å². The molecule has 0 aromatic rings. The van der Waals surface area contributed by atoms with E-state index in [0.29, 0.717) is 6.04 Å². The molecule has 0 unspecified atom stereocenters. The third kappa shape index (κ3) is 2.19. The normalized spacial score (nSPS) is 33.5. The minimum atomic E-state index is 0.0700. The summed E-state index contributed by atoms with van der Waals surface area (Å²) in [6.07, 6.45) is 3.19. The number of nitrogens with one attached hydrogen (secondary N) is 3. The van der Waals surface area contributed by atoms with Crippen LogP contribution in [0.25, 0.3) is 0 Å². The summed E-state index contributed by atoms with van der Waals surface area (Å²) in [6.45, 7) is 2.95. The van der Waals surface area contributed by atoms with Crippen LogP contribution in [-0.4, -0.2) is 37.6 Å². The Labute approximate surface area is 78.5 Å². The lowest BCUT2D eigenvalue weighted by Crippen LogP contribution is -2.45. The lowest BCUT2D eigenvalue weighted by atomic mass is 10.2. The Balaban J connectivity index is 1.76. The summed E-state index contributed by atoms with van der Waals surface area (Å²) in [5.41, 5.74) is 0. The van der Waals surface area contributed by atoms with Gasteiger partial charge in [0.2, 0.25) is 5.91 Å². The molecule has 2 aliphatic rings. The number of carbonyl (C=O) groups excluding carboxylic acids is 1. The first-order chi connectivity index (χ1) is 6.36. The zero-order chi connectivity index (χ0) is 9.10. The number of hydrogen-bond donors (Lipinski definition) is 3. The molecule has 4 nitrogen and oxygen atoms in total.